The zero-order valence-corrected chi connectivity index (χ0v) is 12.3. The van der Waals surface area contributed by atoms with Crippen LogP contribution in [0, 0.1) is 5.92 Å². The Morgan fingerprint density at radius 3 is 2.74 bits per heavy atom. The molecule has 3 heteroatoms. The van der Waals surface area contributed by atoms with Crippen LogP contribution in [0.5, 0.6) is 0 Å². The van der Waals surface area contributed by atoms with E-state index in [2.05, 4.69) is 49.0 Å². The fourth-order valence-electron chi connectivity index (χ4n) is 2.31. The maximum absolute atomic E-state index is 4.69. The molecule has 0 radical (unpaired) electrons. The first kappa shape index (κ1) is 14.1. The molecule has 0 saturated carbocycles. The minimum absolute atomic E-state index is 0.785. The third-order valence-corrected chi connectivity index (χ3v) is 3.53. The van der Waals surface area contributed by atoms with Crippen molar-refractivity contribution in [2.75, 3.05) is 13.1 Å². The second-order valence-corrected chi connectivity index (χ2v) is 5.61. The van der Waals surface area contributed by atoms with Crippen molar-refractivity contribution >= 4 is 11.0 Å². The SMILES string of the molecule is CC(C)CCNCCCc1nc2ccccc2n1C. The molecule has 104 valence electrons. The number of fused-ring (bicyclic) bond motifs is 1. The molecular weight excluding hydrogens is 234 g/mol. The molecule has 0 spiro atoms. The highest BCUT2D eigenvalue weighted by Gasteiger charge is 2.06. The van der Waals surface area contributed by atoms with E-state index in [0.717, 1.165) is 37.4 Å². The van der Waals surface area contributed by atoms with E-state index in [0.29, 0.717) is 0 Å². The van der Waals surface area contributed by atoms with Gasteiger partial charge < -0.3 is 9.88 Å². The van der Waals surface area contributed by atoms with Crippen LogP contribution >= 0.6 is 0 Å². The lowest BCUT2D eigenvalue weighted by Gasteiger charge is -2.07. The molecule has 1 N–H and O–H groups in total. The smallest absolute Gasteiger partial charge is 0.109 e. The van der Waals surface area contributed by atoms with E-state index in [1.165, 1.54) is 17.8 Å². The number of para-hydroxylation sites is 2. The number of aryl methyl sites for hydroxylation is 2. The molecular formula is C16H25N3. The predicted octanol–water partition coefficient (Wildman–Crippen LogP) is 3.14. The van der Waals surface area contributed by atoms with Gasteiger partial charge in [0, 0.05) is 13.5 Å². The number of hydrogen-bond donors (Lipinski definition) is 1. The summed E-state index contributed by atoms with van der Waals surface area (Å²) in [5.41, 5.74) is 2.33. The van der Waals surface area contributed by atoms with Crippen molar-refractivity contribution in [2.24, 2.45) is 13.0 Å². The van der Waals surface area contributed by atoms with E-state index in [9.17, 15) is 0 Å². The summed E-state index contributed by atoms with van der Waals surface area (Å²) in [4.78, 5) is 4.69. The van der Waals surface area contributed by atoms with Gasteiger partial charge in [0.05, 0.1) is 11.0 Å². The van der Waals surface area contributed by atoms with Gasteiger partial charge in [-0.15, -0.1) is 0 Å². The summed E-state index contributed by atoms with van der Waals surface area (Å²) in [5.74, 6) is 1.97. The van der Waals surface area contributed by atoms with Crippen molar-refractivity contribution in [1.82, 2.24) is 14.9 Å². The van der Waals surface area contributed by atoms with Crippen molar-refractivity contribution in [3.05, 3.63) is 30.1 Å². The van der Waals surface area contributed by atoms with E-state index in [1.807, 2.05) is 6.07 Å². The summed E-state index contributed by atoms with van der Waals surface area (Å²) in [6.45, 7) is 6.73. The molecule has 0 atom stereocenters. The monoisotopic (exact) mass is 259 g/mol. The highest BCUT2D eigenvalue weighted by molar-refractivity contribution is 5.75. The molecule has 19 heavy (non-hydrogen) atoms. The van der Waals surface area contributed by atoms with Gasteiger partial charge in [-0.05, 0) is 44.0 Å². The molecule has 0 bridgehead atoms. The van der Waals surface area contributed by atoms with Gasteiger partial charge in [-0.2, -0.15) is 0 Å². The average molecular weight is 259 g/mol. The Bertz CT molecular complexity index is 514. The Kier molecular flexibility index (Phi) is 4.97. The maximum atomic E-state index is 4.69. The molecule has 1 aromatic carbocycles. The van der Waals surface area contributed by atoms with Crippen molar-refractivity contribution < 1.29 is 0 Å². The fraction of sp³-hybridized carbons (Fsp3) is 0.562. The van der Waals surface area contributed by atoms with Gasteiger partial charge in [0.2, 0.25) is 0 Å². The van der Waals surface area contributed by atoms with Crippen molar-refractivity contribution in [2.45, 2.75) is 33.1 Å². The van der Waals surface area contributed by atoms with Crippen LogP contribution in [0.4, 0.5) is 0 Å². The summed E-state index contributed by atoms with van der Waals surface area (Å²) in [7, 11) is 2.11. The summed E-state index contributed by atoms with van der Waals surface area (Å²) in [6.07, 6.45) is 3.45. The lowest BCUT2D eigenvalue weighted by Crippen LogP contribution is -2.19. The van der Waals surface area contributed by atoms with Crippen LogP contribution in [0.25, 0.3) is 11.0 Å². The van der Waals surface area contributed by atoms with E-state index in [1.54, 1.807) is 0 Å². The van der Waals surface area contributed by atoms with Crippen LogP contribution < -0.4 is 5.32 Å². The quantitative estimate of drug-likeness (QED) is 0.774. The first-order valence-electron chi connectivity index (χ1n) is 7.29. The zero-order chi connectivity index (χ0) is 13.7. The largest absolute Gasteiger partial charge is 0.331 e. The van der Waals surface area contributed by atoms with Gasteiger partial charge in [0.25, 0.3) is 0 Å². The normalized spacial score (nSPS) is 11.6. The van der Waals surface area contributed by atoms with E-state index < -0.39 is 0 Å². The molecule has 2 rings (SSSR count). The summed E-state index contributed by atoms with van der Waals surface area (Å²) in [5, 5.41) is 3.50. The van der Waals surface area contributed by atoms with Gasteiger partial charge in [-0.1, -0.05) is 26.0 Å². The van der Waals surface area contributed by atoms with Crippen LogP contribution in [0.15, 0.2) is 24.3 Å². The topological polar surface area (TPSA) is 29.9 Å². The molecule has 1 aromatic heterocycles. The number of imidazole rings is 1. The molecule has 0 amide bonds. The van der Waals surface area contributed by atoms with Gasteiger partial charge >= 0.3 is 0 Å². The Morgan fingerprint density at radius 1 is 1.21 bits per heavy atom. The number of nitrogens with one attached hydrogen (secondary N) is 1. The summed E-state index contributed by atoms with van der Waals surface area (Å²) < 4.78 is 2.21. The van der Waals surface area contributed by atoms with Crippen LogP contribution in [0.3, 0.4) is 0 Å². The first-order chi connectivity index (χ1) is 9.18. The molecule has 3 nitrogen and oxygen atoms in total. The number of hydrogen-bond acceptors (Lipinski definition) is 2. The maximum Gasteiger partial charge on any atom is 0.109 e. The fourth-order valence-corrected chi connectivity index (χ4v) is 2.31. The Labute approximate surface area is 116 Å². The van der Waals surface area contributed by atoms with Crippen LogP contribution in [0.2, 0.25) is 0 Å². The standard InChI is InChI=1S/C16H25N3/c1-13(2)10-12-17-11-6-9-16-18-14-7-4-5-8-15(14)19(16)3/h4-5,7-8,13,17H,6,9-12H2,1-3H3. The van der Waals surface area contributed by atoms with Crippen LogP contribution in [-0.2, 0) is 13.5 Å². The summed E-state index contributed by atoms with van der Waals surface area (Å²) in [6, 6.07) is 8.33. The molecule has 1 heterocycles. The van der Waals surface area contributed by atoms with Crippen LogP contribution in [0.1, 0.15) is 32.5 Å². The van der Waals surface area contributed by atoms with Gasteiger partial charge in [0.1, 0.15) is 5.82 Å². The van der Waals surface area contributed by atoms with E-state index in [4.69, 9.17) is 4.98 Å². The minimum atomic E-state index is 0.785. The van der Waals surface area contributed by atoms with Gasteiger partial charge in [0.15, 0.2) is 0 Å². The molecule has 0 aliphatic carbocycles. The average Bonchev–Trinajstić information content (AvgIpc) is 2.71. The van der Waals surface area contributed by atoms with Crippen molar-refractivity contribution in [3.8, 4) is 0 Å². The third kappa shape index (κ3) is 3.80. The highest BCUT2D eigenvalue weighted by Crippen LogP contribution is 2.14. The molecule has 0 saturated heterocycles. The Hall–Kier alpha value is -1.35. The molecule has 0 aliphatic heterocycles. The van der Waals surface area contributed by atoms with Crippen molar-refractivity contribution in [3.63, 3.8) is 0 Å². The Morgan fingerprint density at radius 2 is 2.00 bits per heavy atom. The van der Waals surface area contributed by atoms with Crippen LogP contribution in [-0.4, -0.2) is 22.6 Å². The van der Waals surface area contributed by atoms with E-state index in [-0.39, 0.29) is 0 Å². The third-order valence-electron chi connectivity index (χ3n) is 3.53. The second-order valence-electron chi connectivity index (χ2n) is 5.61. The number of rotatable bonds is 7. The number of nitrogens with zero attached hydrogens (tertiary/aromatic N) is 2. The molecule has 0 aliphatic rings. The minimum Gasteiger partial charge on any atom is -0.331 e. The first-order valence-corrected chi connectivity index (χ1v) is 7.29. The zero-order valence-electron chi connectivity index (χ0n) is 12.3. The molecule has 0 fully saturated rings. The number of benzene rings is 1. The summed E-state index contributed by atoms with van der Waals surface area (Å²) >= 11 is 0. The van der Waals surface area contributed by atoms with Gasteiger partial charge in [-0.3, -0.25) is 0 Å². The number of aromatic nitrogens is 2. The van der Waals surface area contributed by atoms with Gasteiger partial charge in [-0.25, -0.2) is 4.98 Å². The Balaban J connectivity index is 1.80. The molecule has 0 unspecified atom stereocenters. The second kappa shape index (κ2) is 6.71. The predicted molar refractivity (Wildman–Crippen MR) is 81.4 cm³/mol. The lowest BCUT2D eigenvalue weighted by molar-refractivity contribution is 0.529. The van der Waals surface area contributed by atoms with E-state index >= 15 is 0 Å². The van der Waals surface area contributed by atoms with Crippen molar-refractivity contribution in [1.29, 1.82) is 0 Å². The molecule has 2 aromatic rings. The lowest BCUT2D eigenvalue weighted by atomic mass is 10.1. The highest BCUT2D eigenvalue weighted by atomic mass is 15.1.